The van der Waals surface area contributed by atoms with Crippen molar-refractivity contribution >= 4 is 17.5 Å². The van der Waals surface area contributed by atoms with Crippen molar-refractivity contribution in [3.05, 3.63) is 65.0 Å². The van der Waals surface area contributed by atoms with Crippen LogP contribution < -0.4 is 0 Å². The lowest BCUT2D eigenvalue weighted by Crippen LogP contribution is -2.62. The molecule has 0 aliphatic carbocycles. The van der Waals surface area contributed by atoms with E-state index in [4.69, 9.17) is 0 Å². The van der Waals surface area contributed by atoms with Crippen LogP contribution in [0.15, 0.2) is 36.5 Å². The molecule has 0 unspecified atom stereocenters. The highest BCUT2D eigenvalue weighted by atomic mass is 19.4. The summed E-state index contributed by atoms with van der Waals surface area (Å²) in [5.74, 6) is 0.0268. The number of carbonyl (C=O) groups excluding carboxylic acids is 2. The molecule has 0 saturated carbocycles. The second-order valence-corrected chi connectivity index (χ2v) is 10.8. The minimum atomic E-state index is -4.43. The number of H-pyrrole nitrogens is 1. The van der Waals surface area contributed by atoms with E-state index in [9.17, 15) is 22.8 Å². The van der Waals surface area contributed by atoms with Gasteiger partial charge in [-0.2, -0.15) is 18.3 Å². The van der Waals surface area contributed by atoms with E-state index in [-0.39, 0.29) is 42.3 Å². The average molecular weight is 555 g/mol. The van der Waals surface area contributed by atoms with Crippen molar-refractivity contribution in [1.82, 2.24) is 39.6 Å². The molecule has 210 valence electrons. The predicted molar refractivity (Wildman–Crippen MR) is 140 cm³/mol. The fourth-order valence-corrected chi connectivity index (χ4v) is 4.92. The third-order valence-corrected chi connectivity index (χ3v) is 7.03. The van der Waals surface area contributed by atoms with Gasteiger partial charge in [0.2, 0.25) is 5.82 Å². The number of nitrogens with one attached hydrogen (secondary N) is 1. The molecule has 0 spiro atoms. The molecule has 1 saturated heterocycles. The zero-order chi connectivity index (χ0) is 29.0. The van der Waals surface area contributed by atoms with Crippen LogP contribution in [0.4, 0.5) is 13.2 Å². The van der Waals surface area contributed by atoms with Gasteiger partial charge in [0.1, 0.15) is 11.5 Å². The van der Waals surface area contributed by atoms with E-state index in [1.165, 1.54) is 16.6 Å². The third-order valence-electron chi connectivity index (χ3n) is 7.03. The molecule has 1 aliphatic rings. The monoisotopic (exact) mass is 554 g/mol. The quantitative estimate of drug-likeness (QED) is 0.402. The van der Waals surface area contributed by atoms with Crippen molar-refractivity contribution in [3.8, 4) is 11.3 Å². The van der Waals surface area contributed by atoms with Crippen molar-refractivity contribution in [1.29, 1.82) is 0 Å². The minimum absolute atomic E-state index is 0.00864. The van der Waals surface area contributed by atoms with Crippen LogP contribution in [0, 0.1) is 6.92 Å². The molecule has 2 amide bonds. The van der Waals surface area contributed by atoms with Gasteiger partial charge in [0.25, 0.3) is 11.8 Å². The topological polar surface area (TPSA) is 112 Å². The molecule has 0 bridgehead atoms. The Morgan fingerprint density at radius 1 is 1.05 bits per heavy atom. The molecule has 1 N–H and O–H groups in total. The number of halogens is 3. The van der Waals surface area contributed by atoms with E-state index in [0.717, 1.165) is 17.7 Å². The number of aromatic amines is 1. The number of piperazine rings is 1. The number of nitrogens with zero attached hydrogens (tertiary/aromatic N) is 7. The van der Waals surface area contributed by atoms with E-state index in [1.54, 1.807) is 29.0 Å². The number of aryl methyl sites for hydroxylation is 1. The first kappa shape index (κ1) is 27.3. The van der Waals surface area contributed by atoms with Crippen LogP contribution in [-0.2, 0) is 6.18 Å². The molecule has 3 aromatic heterocycles. The van der Waals surface area contributed by atoms with E-state index < -0.39 is 17.3 Å². The van der Waals surface area contributed by atoms with Gasteiger partial charge in [0.15, 0.2) is 5.65 Å². The largest absolute Gasteiger partial charge is 0.416 e. The van der Waals surface area contributed by atoms with Crippen LogP contribution in [0.1, 0.15) is 71.7 Å². The Hall–Kier alpha value is -4.29. The summed E-state index contributed by atoms with van der Waals surface area (Å²) >= 11 is 0. The summed E-state index contributed by atoms with van der Waals surface area (Å²) in [7, 11) is 0. The van der Waals surface area contributed by atoms with Gasteiger partial charge in [-0.25, -0.2) is 14.5 Å². The van der Waals surface area contributed by atoms with Crippen LogP contribution in [0.2, 0.25) is 0 Å². The normalized spacial score (nSPS) is 15.7. The summed E-state index contributed by atoms with van der Waals surface area (Å²) in [6.07, 6.45) is -2.89. The first-order valence-electron chi connectivity index (χ1n) is 12.8. The van der Waals surface area contributed by atoms with Gasteiger partial charge in [0.05, 0.1) is 23.0 Å². The van der Waals surface area contributed by atoms with E-state index in [1.807, 2.05) is 27.7 Å². The zero-order valence-electron chi connectivity index (χ0n) is 22.7. The lowest BCUT2D eigenvalue weighted by Gasteiger charge is -2.46. The summed E-state index contributed by atoms with van der Waals surface area (Å²) in [4.78, 5) is 38.6. The number of amides is 2. The number of aromatic nitrogens is 6. The molecule has 4 aromatic rings. The van der Waals surface area contributed by atoms with Gasteiger partial charge in [-0.3, -0.25) is 14.7 Å². The number of carbonyl (C=O) groups is 2. The molecule has 0 radical (unpaired) electrons. The first-order chi connectivity index (χ1) is 18.7. The molecular weight excluding hydrogens is 525 g/mol. The Morgan fingerprint density at radius 2 is 1.75 bits per heavy atom. The number of imidazole rings is 1. The number of rotatable bonds is 4. The molecule has 40 heavy (non-hydrogen) atoms. The van der Waals surface area contributed by atoms with Gasteiger partial charge in [-0.1, -0.05) is 26.0 Å². The molecule has 1 aromatic carbocycles. The molecule has 13 heteroatoms. The SMILES string of the molecule is Cc1nc(C(=O)N2CCN(C(=O)c3cn4nc(-c5ccc(C(F)(F)F)cc5)cc(C(C)C)c4n3)C(C)(C)C2)n[nH]1. The van der Waals surface area contributed by atoms with Crippen molar-refractivity contribution in [2.24, 2.45) is 0 Å². The third kappa shape index (κ3) is 5.03. The van der Waals surface area contributed by atoms with Gasteiger partial charge >= 0.3 is 6.18 Å². The number of benzene rings is 1. The lowest BCUT2D eigenvalue weighted by atomic mass is 9.98. The maximum absolute atomic E-state index is 13.7. The summed E-state index contributed by atoms with van der Waals surface area (Å²) in [6.45, 7) is 10.3. The maximum Gasteiger partial charge on any atom is 0.416 e. The summed E-state index contributed by atoms with van der Waals surface area (Å²) in [6, 6.07) is 6.60. The van der Waals surface area contributed by atoms with Crippen LogP contribution >= 0.6 is 0 Å². The summed E-state index contributed by atoms with van der Waals surface area (Å²) in [5.41, 5.74) is 1.04. The van der Waals surface area contributed by atoms with Crippen LogP contribution in [-0.4, -0.2) is 76.6 Å². The second-order valence-electron chi connectivity index (χ2n) is 10.8. The summed E-state index contributed by atoms with van der Waals surface area (Å²) in [5, 5.41) is 11.2. The van der Waals surface area contributed by atoms with Crippen molar-refractivity contribution in [2.75, 3.05) is 19.6 Å². The molecule has 1 fully saturated rings. The van der Waals surface area contributed by atoms with Crippen LogP contribution in [0.5, 0.6) is 0 Å². The highest BCUT2D eigenvalue weighted by Gasteiger charge is 2.40. The second kappa shape index (κ2) is 9.72. The molecule has 0 atom stereocenters. The smallest absolute Gasteiger partial charge is 0.332 e. The molecule has 1 aliphatic heterocycles. The van der Waals surface area contributed by atoms with Crippen LogP contribution in [0.3, 0.4) is 0 Å². The van der Waals surface area contributed by atoms with Gasteiger partial charge in [0, 0.05) is 30.8 Å². The fraction of sp³-hybridized carbons (Fsp3) is 0.407. The first-order valence-corrected chi connectivity index (χ1v) is 12.8. The Bertz CT molecular complexity index is 1590. The Kier molecular flexibility index (Phi) is 6.63. The van der Waals surface area contributed by atoms with Crippen molar-refractivity contribution in [2.45, 2.75) is 52.3 Å². The Labute approximate surface area is 228 Å². The van der Waals surface area contributed by atoms with E-state index >= 15 is 0 Å². The Balaban J connectivity index is 1.43. The van der Waals surface area contributed by atoms with E-state index in [0.29, 0.717) is 29.3 Å². The van der Waals surface area contributed by atoms with E-state index in [2.05, 4.69) is 25.3 Å². The maximum atomic E-state index is 13.7. The highest BCUT2D eigenvalue weighted by molar-refractivity contribution is 5.94. The molecule has 4 heterocycles. The van der Waals surface area contributed by atoms with Crippen molar-refractivity contribution in [3.63, 3.8) is 0 Å². The summed E-state index contributed by atoms with van der Waals surface area (Å²) < 4.78 is 40.6. The molecule has 5 rings (SSSR count). The standard InChI is InChI=1S/C27H29F3N8O2/c1-15(2)19-12-20(17-6-8-18(9-7-17)27(28,29)30)35-38-13-21(32-23(19)38)24(39)37-11-10-36(14-26(37,4)5)25(40)22-31-16(3)33-34-22/h6-9,12-13,15H,10-11,14H2,1-5H3,(H,31,33,34). The number of hydrogen-bond acceptors (Lipinski definition) is 6. The van der Waals surface area contributed by atoms with Gasteiger partial charge in [-0.05, 0) is 44.9 Å². The number of alkyl halides is 3. The lowest BCUT2D eigenvalue weighted by molar-refractivity contribution is -0.137. The predicted octanol–water partition coefficient (Wildman–Crippen LogP) is 4.34. The number of fused-ring (bicyclic) bond motifs is 1. The zero-order valence-corrected chi connectivity index (χ0v) is 22.7. The van der Waals surface area contributed by atoms with Gasteiger partial charge in [-0.15, -0.1) is 5.10 Å². The average Bonchev–Trinajstić information content (AvgIpc) is 3.52. The Morgan fingerprint density at radius 3 is 2.33 bits per heavy atom. The van der Waals surface area contributed by atoms with Crippen LogP contribution in [0.25, 0.3) is 16.9 Å². The molecular formula is C27H29F3N8O2. The fourth-order valence-electron chi connectivity index (χ4n) is 4.92. The highest BCUT2D eigenvalue weighted by Crippen LogP contribution is 2.32. The van der Waals surface area contributed by atoms with Crippen molar-refractivity contribution < 1.29 is 22.8 Å². The van der Waals surface area contributed by atoms with Gasteiger partial charge < -0.3 is 9.80 Å². The molecule has 10 nitrogen and oxygen atoms in total. The minimum Gasteiger partial charge on any atom is -0.332 e. The number of hydrogen-bond donors (Lipinski definition) is 1.